The molecule has 2 rings (SSSR count). The maximum absolute atomic E-state index is 12.5. The molecule has 30 heavy (non-hydrogen) atoms. The van der Waals surface area contributed by atoms with Crippen molar-refractivity contribution in [3.8, 4) is 11.5 Å². The molecular weight excluding hydrogens is 396 g/mol. The Labute approximate surface area is 181 Å². The summed E-state index contributed by atoms with van der Waals surface area (Å²) in [6, 6.07) is 5.74. The van der Waals surface area contributed by atoms with Crippen molar-refractivity contribution >= 4 is 25.8 Å². The molecule has 1 aliphatic rings. The van der Waals surface area contributed by atoms with E-state index in [0.29, 0.717) is 43.9 Å². The maximum Gasteiger partial charge on any atom is 0.410 e. The second-order valence-electron chi connectivity index (χ2n) is 9.40. The fourth-order valence-corrected chi connectivity index (χ4v) is 3.45. The second kappa shape index (κ2) is 9.56. The first-order chi connectivity index (χ1) is 13.9. The zero-order valence-corrected chi connectivity index (χ0v) is 20.3. The van der Waals surface area contributed by atoms with Crippen LogP contribution in [0.2, 0.25) is 19.6 Å². The van der Waals surface area contributed by atoms with Crippen molar-refractivity contribution in [2.75, 3.05) is 37.7 Å². The van der Waals surface area contributed by atoms with Crippen LogP contribution in [-0.4, -0.2) is 63.4 Å². The average molecular weight is 431 g/mol. The van der Waals surface area contributed by atoms with Gasteiger partial charge in [0.25, 0.3) is 0 Å². The van der Waals surface area contributed by atoms with E-state index in [0.717, 1.165) is 5.69 Å². The Balaban J connectivity index is 2.18. The largest absolute Gasteiger partial charge is 0.462 e. The third-order valence-corrected chi connectivity index (χ3v) is 5.24. The number of amides is 1. The van der Waals surface area contributed by atoms with Gasteiger partial charge in [0.15, 0.2) is 0 Å². The fraction of sp³-hybridized carbons (Fsp3) is 0.565. The number of ether oxygens (including phenoxy) is 2. The third-order valence-electron chi connectivity index (χ3n) is 4.37. The molecule has 164 valence electrons. The van der Waals surface area contributed by atoms with Crippen LogP contribution >= 0.6 is 0 Å². The van der Waals surface area contributed by atoms with Gasteiger partial charge in [-0.15, -0.1) is 5.54 Å². The number of rotatable bonds is 3. The van der Waals surface area contributed by atoms with Crippen LogP contribution in [0, 0.1) is 11.5 Å². The van der Waals surface area contributed by atoms with Gasteiger partial charge in [0.2, 0.25) is 0 Å². The average Bonchev–Trinajstić information content (AvgIpc) is 2.64. The Kier molecular flexibility index (Phi) is 7.59. The van der Waals surface area contributed by atoms with Gasteiger partial charge in [-0.3, -0.25) is 0 Å². The Bertz CT molecular complexity index is 835. The molecule has 0 saturated carbocycles. The Hall–Kier alpha value is -2.46. The molecule has 0 unspecified atom stereocenters. The van der Waals surface area contributed by atoms with Crippen molar-refractivity contribution in [3.63, 3.8) is 0 Å². The Morgan fingerprint density at radius 3 is 2.27 bits per heavy atom. The van der Waals surface area contributed by atoms with Crippen molar-refractivity contribution in [1.29, 1.82) is 0 Å². The molecule has 1 aromatic rings. The summed E-state index contributed by atoms with van der Waals surface area (Å²) >= 11 is 0. The molecular formula is C23H34N2O4Si. The topological polar surface area (TPSA) is 59.1 Å². The lowest BCUT2D eigenvalue weighted by atomic mass is 10.1. The number of nitrogens with zero attached hydrogens (tertiary/aromatic N) is 2. The zero-order chi connectivity index (χ0) is 22.5. The minimum Gasteiger partial charge on any atom is -0.462 e. The molecule has 0 aliphatic carbocycles. The number of esters is 1. The van der Waals surface area contributed by atoms with Gasteiger partial charge in [-0.2, -0.15) is 0 Å². The molecule has 0 radical (unpaired) electrons. The Morgan fingerprint density at radius 1 is 1.10 bits per heavy atom. The highest BCUT2D eigenvalue weighted by Gasteiger charge is 2.26. The lowest BCUT2D eigenvalue weighted by molar-refractivity contribution is 0.0240. The molecule has 6 nitrogen and oxygen atoms in total. The van der Waals surface area contributed by atoms with E-state index in [1.54, 1.807) is 11.8 Å². The van der Waals surface area contributed by atoms with Crippen molar-refractivity contribution < 1.29 is 19.1 Å². The summed E-state index contributed by atoms with van der Waals surface area (Å²) in [5.41, 5.74) is 4.94. The van der Waals surface area contributed by atoms with E-state index in [1.807, 2.05) is 39.0 Å². The quantitative estimate of drug-likeness (QED) is 0.410. The van der Waals surface area contributed by atoms with Gasteiger partial charge in [-0.1, -0.05) is 25.6 Å². The monoisotopic (exact) mass is 430 g/mol. The molecule has 1 saturated heterocycles. The fourth-order valence-electron chi connectivity index (χ4n) is 2.94. The minimum atomic E-state index is -1.57. The van der Waals surface area contributed by atoms with Crippen LogP contribution in [0.5, 0.6) is 0 Å². The predicted molar refractivity (Wildman–Crippen MR) is 123 cm³/mol. The molecule has 0 atom stereocenters. The van der Waals surface area contributed by atoms with Crippen molar-refractivity contribution in [2.45, 2.75) is 52.9 Å². The number of carbonyl (C=O) groups is 2. The normalized spacial score (nSPS) is 14.6. The van der Waals surface area contributed by atoms with E-state index < -0.39 is 13.7 Å². The van der Waals surface area contributed by atoms with Gasteiger partial charge in [0.05, 0.1) is 12.2 Å². The lowest BCUT2D eigenvalue weighted by Gasteiger charge is -2.36. The van der Waals surface area contributed by atoms with E-state index in [2.05, 4.69) is 36.0 Å². The molecule has 1 amide bonds. The summed E-state index contributed by atoms with van der Waals surface area (Å²) < 4.78 is 10.7. The summed E-state index contributed by atoms with van der Waals surface area (Å²) in [6.45, 7) is 16.7. The minimum absolute atomic E-state index is 0.286. The van der Waals surface area contributed by atoms with Gasteiger partial charge >= 0.3 is 12.1 Å². The number of hydrogen-bond acceptors (Lipinski definition) is 5. The molecule has 7 heteroatoms. The molecule has 0 spiro atoms. The molecule has 0 bridgehead atoms. The first-order valence-electron chi connectivity index (χ1n) is 10.5. The molecule has 1 fully saturated rings. The molecule has 1 aliphatic heterocycles. The van der Waals surface area contributed by atoms with E-state index in [9.17, 15) is 9.59 Å². The lowest BCUT2D eigenvalue weighted by Crippen LogP contribution is -2.50. The summed E-state index contributed by atoms with van der Waals surface area (Å²) in [4.78, 5) is 28.7. The summed E-state index contributed by atoms with van der Waals surface area (Å²) in [6.07, 6.45) is -0.286. The number of benzene rings is 1. The highest BCUT2D eigenvalue weighted by Crippen LogP contribution is 2.23. The second-order valence-corrected chi connectivity index (χ2v) is 14.2. The van der Waals surface area contributed by atoms with Crippen molar-refractivity contribution in [2.24, 2.45) is 0 Å². The highest BCUT2D eigenvalue weighted by molar-refractivity contribution is 6.83. The first kappa shape index (κ1) is 23.8. The standard InChI is InChI=1S/C23H34N2O4Si/c1-8-28-21(26)20-17-19(10-9-18(20)11-16-30(5,6)7)24-12-14-25(15-13-24)22(27)29-23(2,3)4/h9-10,17H,8,12-15H2,1-7H3. The first-order valence-corrected chi connectivity index (χ1v) is 14.0. The third kappa shape index (κ3) is 7.10. The number of anilines is 1. The smallest absolute Gasteiger partial charge is 0.410 e. The highest BCUT2D eigenvalue weighted by atomic mass is 28.3. The molecule has 0 aromatic heterocycles. The van der Waals surface area contributed by atoms with Crippen LogP contribution in [0.3, 0.4) is 0 Å². The van der Waals surface area contributed by atoms with Gasteiger partial charge < -0.3 is 19.3 Å². The summed E-state index contributed by atoms with van der Waals surface area (Å²) in [7, 11) is -1.57. The number of piperazine rings is 1. The van der Waals surface area contributed by atoms with E-state index >= 15 is 0 Å². The van der Waals surface area contributed by atoms with Crippen LogP contribution in [0.1, 0.15) is 43.6 Å². The van der Waals surface area contributed by atoms with Gasteiger partial charge in [0, 0.05) is 37.4 Å². The number of hydrogen-bond donors (Lipinski definition) is 0. The molecule has 1 aromatic carbocycles. The van der Waals surface area contributed by atoms with Gasteiger partial charge in [-0.25, -0.2) is 9.59 Å². The van der Waals surface area contributed by atoms with Crippen molar-refractivity contribution in [3.05, 3.63) is 29.3 Å². The molecule has 0 N–H and O–H groups in total. The van der Waals surface area contributed by atoms with Crippen LogP contribution in [0.15, 0.2) is 18.2 Å². The number of carbonyl (C=O) groups excluding carboxylic acids is 2. The zero-order valence-electron chi connectivity index (χ0n) is 19.3. The SMILES string of the molecule is CCOC(=O)c1cc(N2CCN(C(=O)OC(C)(C)C)CC2)ccc1C#C[Si](C)(C)C. The molecule has 1 heterocycles. The Morgan fingerprint density at radius 2 is 1.73 bits per heavy atom. The predicted octanol–water partition coefficient (Wildman–Crippen LogP) is 4.15. The van der Waals surface area contributed by atoms with Crippen LogP contribution in [-0.2, 0) is 9.47 Å². The van der Waals surface area contributed by atoms with Crippen LogP contribution < -0.4 is 4.90 Å². The maximum atomic E-state index is 12.5. The summed E-state index contributed by atoms with van der Waals surface area (Å²) in [5.74, 6) is 2.83. The van der Waals surface area contributed by atoms with Crippen LogP contribution in [0.25, 0.3) is 0 Å². The van der Waals surface area contributed by atoms with Crippen LogP contribution in [0.4, 0.5) is 10.5 Å². The van der Waals surface area contributed by atoms with Gasteiger partial charge in [-0.05, 0) is 45.9 Å². The van der Waals surface area contributed by atoms with E-state index in [1.165, 1.54) is 0 Å². The van der Waals surface area contributed by atoms with E-state index in [-0.39, 0.29) is 12.1 Å². The van der Waals surface area contributed by atoms with Crippen molar-refractivity contribution in [1.82, 2.24) is 4.90 Å². The van der Waals surface area contributed by atoms with Gasteiger partial charge in [0.1, 0.15) is 13.7 Å². The summed E-state index contributed by atoms with van der Waals surface area (Å²) in [5, 5.41) is 0. The van der Waals surface area contributed by atoms with E-state index in [4.69, 9.17) is 9.47 Å².